The molecule has 2 atom stereocenters. The third-order valence-corrected chi connectivity index (χ3v) is 4.60. The zero-order valence-corrected chi connectivity index (χ0v) is 12.9. The Morgan fingerprint density at radius 1 is 1.60 bits per heavy atom. The molecule has 3 heterocycles. The van der Waals surface area contributed by atoms with E-state index in [1.807, 2.05) is 6.92 Å². The van der Waals surface area contributed by atoms with Crippen molar-refractivity contribution in [2.75, 3.05) is 31.7 Å². The van der Waals surface area contributed by atoms with Crippen molar-refractivity contribution >= 4 is 22.1 Å². The summed E-state index contributed by atoms with van der Waals surface area (Å²) < 4.78 is 7.47. The molecule has 0 saturated carbocycles. The Morgan fingerprint density at radius 2 is 2.45 bits per heavy atom. The number of thiazole rings is 1. The summed E-state index contributed by atoms with van der Waals surface area (Å²) >= 11 is 1.68. The van der Waals surface area contributed by atoms with E-state index in [4.69, 9.17) is 15.5 Å². The van der Waals surface area contributed by atoms with Crippen molar-refractivity contribution in [1.82, 2.24) is 9.38 Å². The quantitative estimate of drug-likeness (QED) is 0.913. The molecule has 1 aliphatic rings. The second kappa shape index (κ2) is 5.71. The van der Waals surface area contributed by atoms with Gasteiger partial charge in [-0.1, -0.05) is 0 Å². The van der Waals surface area contributed by atoms with E-state index in [-0.39, 0.29) is 6.04 Å². The number of rotatable bonds is 5. The number of nitrogens with zero attached hydrogens (tertiary/aromatic N) is 3. The summed E-state index contributed by atoms with van der Waals surface area (Å²) in [5.74, 6) is 1.73. The number of methoxy groups -OCH3 is 1. The van der Waals surface area contributed by atoms with Gasteiger partial charge in [-0.2, -0.15) is 0 Å². The van der Waals surface area contributed by atoms with E-state index in [0.29, 0.717) is 5.92 Å². The van der Waals surface area contributed by atoms with Crippen molar-refractivity contribution in [3.8, 4) is 0 Å². The van der Waals surface area contributed by atoms with Crippen LogP contribution in [-0.4, -0.2) is 42.2 Å². The van der Waals surface area contributed by atoms with Gasteiger partial charge in [0.15, 0.2) is 10.8 Å². The Balaban J connectivity index is 1.88. The van der Waals surface area contributed by atoms with Gasteiger partial charge < -0.3 is 15.4 Å². The summed E-state index contributed by atoms with van der Waals surface area (Å²) in [7, 11) is 1.77. The van der Waals surface area contributed by atoms with Gasteiger partial charge in [0.2, 0.25) is 0 Å². The smallest absolute Gasteiger partial charge is 0.195 e. The Morgan fingerprint density at radius 3 is 3.20 bits per heavy atom. The molecule has 1 fully saturated rings. The lowest BCUT2D eigenvalue weighted by molar-refractivity contribution is 0.161. The normalized spacial score (nSPS) is 20.9. The van der Waals surface area contributed by atoms with Crippen LogP contribution >= 0.6 is 11.3 Å². The Kier molecular flexibility index (Phi) is 3.96. The molecule has 2 unspecified atom stereocenters. The first-order valence-electron chi connectivity index (χ1n) is 7.13. The number of ether oxygens (including phenoxy) is 1. The molecule has 0 radical (unpaired) electrons. The van der Waals surface area contributed by atoms with Gasteiger partial charge in [-0.25, -0.2) is 4.98 Å². The Labute approximate surface area is 123 Å². The van der Waals surface area contributed by atoms with Gasteiger partial charge in [-0.15, -0.1) is 11.3 Å². The number of fused-ring (bicyclic) bond motifs is 1. The zero-order valence-electron chi connectivity index (χ0n) is 12.1. The lowest BCUT2D eigenvalue weighted by Crippen LogP contribution is -2.25. The summed E-state index contributed by atoms with van der Waals surface area (Å²) in [5, 5.41) is 2.08. The van der Waals surface area contributed by atoms with Crippen molar-refractivity contribution in [3.63, 3.8) is 0 Å². The summed E-state index contributed by atoms with van der Waals surface area (Å²) in [6, 6.07) is 0.144. The first-order chi connectivity index (χ1) is 9.69. The van der Waals surface area contributed by atoms with Crippen molar-refractivity contribution in [3.05, 3.63) is 17.3 Å². The molecule has 0 aromatic carbocycles. The maximum Gasteiger partial charge on any atom is 0.195 e. The number of hydrogen-bond acceptors (Lipinski definition) is 5. The van der Waals surface area contributed by atoms with Gasteiger partial charge in [0.05, 0.1) is 12.3 Å². The molecule has 0 amide bonds. The first-order valence-corrected chi connectivity index (χ1v) is 8.01. The average Bonchev–Trinajstić information content (AvgIpc) is 3.06. The molecular weight excluding hydrogens is 272 g/mol. The number of hydrogen-bond donors (Lipinski definition) is 1. The first kappa shape index (κ1) is 13.9. The zero-order chi connectivity index (χ0) is 14.1. The van der Waals surface area contributed by atoms with E-state index in [2.05, 4.69) is 20.9 Å². The molecule has 110 valence electrons. The predicted octanol–water partition coefficient (Wildman–Crippen LogP) is 1.76. The highest BCUT2D eigenvalue weighted by molar-refractivity contribution is 7.15. The molecule has 3 rings (SSSR count). The summed E-state index contributed by atoms with van der Waals surface area (Å²) in [6.45, 7) is 4.98. The molecule has 0 bridgehead atoms. The lowest BCUT2D eigenvalue weighted by Gasteiger charge is -2.18. The van der Waals surface area contributed by atoms with Crippen LogP contribution in [0.5, 0.6) is 0 Å². The van der Waals surface area contributed by atoms with Crippen LogP contribution in [0.2, 0.25) is 0 Å². The maximum absolute atomic E-state index is 6.01. The van der Waals surface area contributed by atoms with E-state index in [0.717, 1.165) is 36.9 Å². The van der Waals surface area contributed by atoms with E-state index >= 15 is 0 Å². The molecule has 5 nitrogen and oxygen atoms in total. The summed E-state index contributed by atoms with van der Waals surface area (Å²) in [5.41, 5.74) is 7.25. The standard InChI is InChI=1S/C14H22N4OS/c1-10(15)7-12-13(16-14-18(12)5-6-20-14)17-4-3-11(8-17)9-19-2/h5-6,10-11H,3-4,7-9,15H2,1-2H3. The third kappa shape index (κ3) is 2.55. The largest absolute Gasteiger partial charge is 0.384 e. The van der Waals surface area contributed by atoms with E-state index < -0.39 is 0 Å². The number of aromatic nitrogens is 2. The van der Waals surface area contributed by atoms with Gasteiger partial charge in [0.1, 0.15) is 0 Å². The highest BCUT2D eigenvalue weighted by Crippen LogP contribution is 2.29. The topological polar surface area (TPSA) is 55.8 Å². The Bertz CT molecular complexity index is 577. The molecule has 6 heteroatoms. The average molecular weight is 294 g/mol. The van der Waals surface area contributed by atoms with Crippen molar-refractivity contribution < 1.29 is 4.74 Å². The maximum atomic E-state index is 6.01. The fourth-order valence-electron chi connectivity index (χ4n) is 2.97. The molecule has 0 spiro atoms. The van der Waals surface area contributed by atoms with Gasteiger partial charge >= 0.3 is 0 Å². The van der Waals surface area contributed by atoms with Crippen LogP contribution in [0.15, 0.2) is 11.6 Å². The third-order valence-electron chi connectivity index (χ3n) is 3.84. The fraction of sp³-hybridized carbons (Fsp3) is 0.643. The lowest BCUT2D eigenvalue weighted by atomic mass is 10.1. The van der Waals surface area contributed by atoms with Crippen LogP contribution in [0.3, 0.4) is 0 Å². The van der Waals surface area contributed by atoms with Crippen LogP contribution in [-0.2, 0) is 11.2 Å². The molecular formula is C14H22N4OS. The fourth-order valence-corrected chi connectivity index (χ4v) is 3.69. The van der Waals surface area contributed by atoms with Crippen molar-refractivity contribution in [2.24, 2.45) is 11.7 Å². The van der Waals surface area contributed by atoms with Crippen LogP contribution in [0, 0.1) is 5.92 Å². The predicted molar refractivity (Wildman–Crippen MR) is 82.6 cm³/mol. The second-order valence-electron chi connectivity index (χ2n) is 5.68. The SMILES string of the molecule is COCC1CCN(c2nc3sccn3c2CC(C)N)C1. The molecule has 0 aliphatic carbocycles. The van der Waals surface area contributed by atoms with Crippen molar-refractivity contribution in [1.29, 1.82) is 0 Å². The highest BCUT2D eigenvalue weighted by atomic mass is 32.1. The van der Waals surface area contributed by atoms with Crippen LogP contribution in [0.4, 0.5) is 5.82 Å². The number of nitrogens with two attached hydrogens (primary N) is 1. The van der Waals surface area contributed by atoms with E-state index in [9.17, 15) is 0 Å². The van der Waals surface area contributed by atoms with Crippen LogP contribution < -0.4 is 10.6 Å². The minimum atomic E-state index is 0.144. The molecule has 2 aromatic heterocycles. The number of anilines is 1. The number of imidazole rings is 1. The molecule has 20 heavy (non-hydrogen) atoms. The second-order valence-corrected chi connectivity index (χ2v) is 6.55. The summed E-state index contributed by atoms with van der Waals surface area (Å²) in [4.78, 5) is 8.26. The molecule has 1 aliphatic heterocycles. The van der Waals surface area contributed by atoms with Gasteiger partial charge in [-0.3, -0.25) is 4.40 Å². The van der Waals surface area contributed by atoms with Gasteiger partial charge in [-0.05, 0) is 13.3 Å². The Hall–Kier alpha value is -1.11. The minimum absolute atomic E-state index is 0.144. The highest BCUT2D eigenvalue weighted by Gasteiger charge is 2.27. The van der Waals surface area contributed by atoms with Gasteiger partial charge in [0.25, 0.3) is 0 Å². The monoisotopic (exact) mass is 294 g/mol. The molecule has 1 saturated heterocycles. The van der Waals surface area contributed by atoms with Gasteiger partial charge in [0, 0.05) is 50.2 Å². The molecule has 2 aromatic rings. The van der Waals surface area contributed by atoms with Crippen molar-refractivity contribution in [2.45, 2.75) is 25.8 Å². The van der Waals surface area contributed by atoms with Crippen LogP contribution in [0.25, 0.3) is 4.96 Å². The molecule has 2 N–H and O–H groups in total. The van der Waals surface area contributed by atoms with E-state index in [1.54, 1.807) is 18.4 Å². The minimum Gasteiger partial charge on any atom is -0.384 e. The van der Waals surface area contributed by atoms with E-state index in [1.165, 1.54) is 12.1 Å². The van der Waals surface area contributed by atoms with Crippen LogP contribution in [0.1, 0.15) is 19.0 Å². The summed E-state index contributed by atoms with van der Waals surface area (Å²) in [6.07, 6.45) is 4.13.